The van der Waals surface area contributed by atoms with Crippen LogP contribution in [0.2, 0.25) is 0 Å². The highest BCUT2D eigenvalue weighted by molar-refractivity contribution is 6.01. The van der Waals surface area contributed by atoms with Gasteiger partial charge in [0.2, 0.25) is 6.10 Å². The van der Waals surface area contributed by atoms with E-state index in [0.29, 0.717) is 18.0 Å². The number of hydrogen-bond acceptors (Lipinski definition) is 6. The molecule has 1 aliphatic heterocycles. The molecule has 132 valence electrons. The first-order valence-electron chi connectivity index (χ1n) is 8.06. The van der Waals surface area contributed by atoms with Gasteiger partial charge in [0, 0.05) is 12.7 Å². The van der Waals surface area contributed by atoms with E-state index >= 15 is 0 Å². The van der Waals surface area contributed by atoms with E-state index in [0.717, 1.165) is 0 Å². The molecule has 2 heterocycles. The number of rotatable bonds is 5. The average Bonchev–Trinajstić information content (AvgIpc) is 3.04. The molecule has 0 saturated heterocycles. The lowest BCUT2D eigenvalue weighted by Crippen LogP contribution is -2.40. The number of para-hydroxylation sites is 2. The zero-order chi connectivity index (χ0) is 17.8. The highest BCUT2D eigenvalue weighted by atomic mass is 16.6. The SMILES string of the molecule is CCOC(=O)c1cn(CC)nc1NC(=O)C1COc2ccccc2O1. The molecule has 0 bridgehead atoms. The number of ether oxygens (including phenoxy) is 3. The summed E-state index contributed by atoms with van der Waals surface area (Å²) in [5.41, 5.74) is 0.203. The van der Waals surface area contributed by atoms with Gasteiger partial charge in [-0.05, 0) is 26.0 Å². The minimum Gasteiger partial charge on any atom is -0.485 e. The van der Waals surface area contributed by atoms with Crippen molar-refractivity contribution in [3.05, 3.63) is 36.0 Å². The van der Waals surface area contributed by atoms with Gasteiger partial charge in [0.25, 0.3) is 5.91 Å². The Labute approximate surface area is 144 Å². The van der Waals surface area contributed by atoms with Crippen LogP contribution in [0.15, 0.2) is 30.5 Å². The second kappa shape index (κ2) is 7.25. The van der Waals surface area contributed by atoms with Crippen LogP contribution in [0.5, 0.6) is 11.5 Å². The fourth-order valence-corrected chi connectivity index (χ4v) is 2.38. The molecule has 8 nitrogen and oxygen atoms in total. The van der Waals surface area contributed by atoms with Crippen molar-refractivity contribution in [2.75, 3.05) is 18.5 Å². The average molecular weight is 345 g/mol. The van der Waals surface area contributed by atoms with Crippen molar-refractivity contribution < 1.29 is 23.8 Å². The largest absolute Gasteiger partial charge is 0.485 e. The third-order valence-electron chi connectivity index (χ3n) is 3.62. The van der Waals surface area contributed by atoms with Crippen molar-refractivity contribution in [1.82, 2.24) is 9.78 Å². The smallest absolute Gasteiger partial charge is 0.343 e. The number of amides is 1. The van der Waals surface area contributed by atoms with Crippen molar-refractivity contribution in [3.8, 4) is 11.5 Å². The highest BCUT2D eigenvalue weighted by Gasteiger charge is 2.29. The summed E-state index contributed by atoms with van der Waals surface area (Å²) in [7, 11) is 0. The number of fused-ring (bicyclic) bond motifs is 1. The van der Waals surface area contributed by atoms with Crippen LogP contribution in [0.4, 0.5) is 5.82 Å². The molecule has 1 N–H and O–H groups in total. The Bertz CT molecular complexity index is 786. The molecule has 1 unspecified atom stereocenters. The van der Waals surface area contributed by atoms with Crippen LogP contribution < -0.4 is 14.8 Å². The fourth-order valence-electron chi connectivity index (χ4n) is 2.38. The number of aryl methyl sites for hydroxylation is 1. The van der Waals surface area contributed by atoms with Crippen LogP contribution in [0.3, 0.4) is 0 Å². The van der Waals surface area contributed by atoms with E-state index in [1.165, 1.54) is 0 Å². The van der Waals surface area contributed by atoms with E-state index in [9.17, 15) is 9.59 Å². The van der Waals surface area contributed by atoms with Gasteiger partial charge >= 0.3 is 5.97 Å². The molecule has 3 rings (SSSR count). The molecule has 25 heavy (non-hydrogen) atoms. The van der Waals surface area contributed by atoms with Crippen molar-refractivity contribution in [3.63, 3.8) is 0 Å². The quantitative estimate of drug-likeness (QED) is 0.832. The van der Waals surface area contributed by atoms with Gasteiger partial charge < -0.3 is 19.5 Å². The standard InChI is InChI=1S/C17H19N3O5/c1-3-20-9-11(17(22)23-4-2)15(19-20)18-16(21)14-10-24-12-7-5-6-8-13(12)25-14/h5-9,14H,3-4,10H2,1-2H3,(H,18,19,21). The minimum absolute atomic E-state index is 0.0755. The molecule has 8 heteroatoms. The highest BCUT2D eigenvalue weighted by Crippen LogP contribution is 2.31. The molecule has 0 spiro atoms. The summed E-state index contributed by atoms with van der Waals surface area (Å²) < 4.78 is 17.7. The van der Waals surface area contributed by atoms with Crippen molar-refractivity contribution in [2.45, 2.75) is 26.5 Å². The number of benzene rings is 1. The predicted octanol–water partition coefficient (Wildman–Crippen LogP) is 1.86. The Morgan fingerprint density at radius 3 is 2.80 bits per heavy atom. The lowest BCUT2D eigenvalue weighted by Gasteiger charge is -2.25. The molecule has 1 aliphatic rings. The topological polar surface area (TPSA) is 91.7 Å². The summed E-state index contributed by atoms with van der Waals surface area (Å²) in [6.07, 6.45) is 0.706. The maximum atomic E-state index is 12.5. The van der Waals surface area contributed by atoms with Crippen LogP contribution in [-0.4, -0.2) is 41.0 Å². The van der Waals surface area contributed by atoms with Gasteiger partial charge in [-0.3, -0.25) is 9.48 Å². The third-order valence-corrected chi connectivity index (χ3v) is 3.62. The zero-order valence-corrected chi connectivity index (χ0v) is 14.0. The number of carbonyl (C=O) groups is 2. The molecule has 0 fully saturated rings. The molecule has 1 amide bonds. The first kappa shape index (κ1) is 16.8. The second-order valence-electron chi connectivity index (χ2n) is 5.32. The summed E-state index contributed by atoms with van der Waals surface area (Å²) in [4.78, 5) is 24.5. The Morgan fingerprint density at radius 1 is 1.32 bits per heavy atom. The monoisotopic (exact) mass is 345 g/mol. The molecule has 1 aromatic heterocycles. The van der Waals surface area contributed by atoms with Crippen LogP contribution >= 0.6 is 0 Å². The lowest BCUT2D eigenvalue weighted by atomic mass is 10.2. The van der Waals surface area contributed by atoms with Crippen LogP contribution in [-0.2, 0) is 16.1 Å². The molecule has 0 aliphatic carbocycles. The Hall–Kier alpha value is -3.03. The number of nitrogens with one attached hydrogen (secondary N) is 1. The number of aromatic nitrogens is 2. The van der Waals surface area contributed by atoms with E-state index in [4.69, 9.17) is 14.2 Å². The Morgan fingerprint density at radius 2 is 2.08 bits per heavy atom. The van der Waals surface area contributed by atoms with Crippen molar-refractivity contribution in [2.24, 2.45) is 0 Å². The lowest BCUT2D eigenvalue weighted by molar-refractivity contribution is -0.125. The molecule has 1 aromatic carbocycles. The van der Waals surface area contributed by atoms with E-state index in [2.05, 4.69) is 10.4 Å². The van der Waals surface area contributed by atoms with Crippen LogP contribution in [0, 0.1) is 0 Å². The van der Waals surface area contributed by atoms with Crippen molar-refractivity contribution >= 4 is 17.7 Å². The van der Waals surface area contributed by atoms with Crippen LogP contribution in [0.25, 0.3) is 0 Å². The summed E-state index contributed by atoms with van der Waals surface area (Å²) in [5, 5.41) is 6.83. The number of anilines is 1. The molecular formula is C17H19N3O5. The number of esters is 1. The normalized spacial score (nSPS) is 15.5. The number of nitrogens with zero attached hydrogens (tertiary/aromatic N) is 2. The van der Waals surface area contributed by atoms with Gasteiger partial charge in [-0.2, -0.15) is 5.10 Å². The molecule has 2 aromatic rings. The van der Waals surface area contributed by atoms with Gasteiger partial charge in [0.05, 0.1) is 6.61 Å². The van der Waals surface area contributed by atoms with E-state index in [1.54, 1.807) is 36.0 Å². The minimum atomic E-state index is -0.836. The maximum absolute atomic E-state index is 12.5. The Kier molecular flexibility index (Phi) is 4.87. The van der Waals surface area contributed by atoms with Gasteiger partial charge in [0.1, 0.15) is 12.2 Å². The van der Waals surface area contributed by atoms with Gasteiger partial charge in [-0.15, -0.1) is 0 Å². The van der Waals surface area contributed by atoms with Gasteiger partial charge in [-0.25, -0.2) is 4.79 Å². The summed E-state index contributed by atoms with van der Waals surface area (Å²) in [6.45, 7) is 4.46. The Balaban J connectivity index is 1.75. The summed E-state index contributed by atoms with van der Waals surface area (Å²) >= 11 is 0. The van der Waals surface area contributed by atoms with Gasteiger partial charge in [-0.1, -0.05) is 12.1 Å². The number of hydrogen-bond donors (Lipinski definition) is 1. The molecular weight excluding hydrogens is 326 g/mol. The van der Waals surface area contributed by atoms with Gasteiger partial charge in [0.15, 0.2) is 17.3 Å². The van der Waals surface area contributed by atoms with E-state index < -0.39 is 18.0 Å². The molecule has 0 radical (unpaired) electrons. The van der Waals surface area contributed by atoms with Crippen molar-refractivity contribution in [1.29, 1.82) is 0 Å². The first-order valence-corrected chi connectivity index (χ1v) is 8.06. The second-order valence-corrected chi connectivity index (χ2v) is 5.32. The fraction of sp³-hybridized carbons (Fsp3) is 0.353. The van der Waals surface area contributed by atoms with E-state index in [1.807, 2.05) is 13.0 Å². The summed E-state index contributed by atoms with van der Waals surface area (Å²) in [5.74, 6) is 0.255. The summed E-state index contributed by atoms with van der Waals surface area (Å²) in [6, 6.07) is 7.12. The number of carbonyl (C=O) groups excluding carboxylic acids is 2. The maximum Gasteiger partial charge on any atom is 0.343 e. The third kappa shape index (κ3) is 3.57. The first-order chi connectivity index (χ1) is 12.1. The molecule has 1 atom stereocenters. The van der Waals surface area contributed by atoms with E-state index in [-0.39, 0.29) is 24.6 Å². The van der Waals surface area contributed by atoms with Crippen LogP contribution in [0.1, 0.15) is 24.2 Å². The molecule has 0 saturated carbocycles. The predicted molar refractivity (Wildman–Crippen MR) is 88.8 cm³/mol. The zero-order valence-electron chi connectivity index (χ0n) is 14.0.